The van der Waals surface area contributed by atoms with E-state index in [-0.39, 0.29) is 10.5 Å². The normalized spacial score (nSPS) is 12.0. The summed E-state index contributed by atoms with van der Waals surface area (Å²) >= 11 is 0. The number of hydrogen-bond donors (Lipinski definition) is 2. The van der Waals surface area contributed by atoms with E-state index in [9.17, 15) is 21.6 Å². The zero-order valence-corrected chi connectivity index (χ0v) is 17.0. The Labute approximate surface area is 180 Å². The number of hydrogen-bond acceptors (Lipinski definition) is 5. The molecule has 0 bridgehead atoms. The Hall–Kier alpha value is -3.70. The predicted octanol–water partition coefficient (Wildman–Crippen LogP) is 4.35. The number of pyridine rings is 1. The second-order valence-corrected chi connectivity index (χ2v) is 8.26. The van der Waals surface area contributed by atoms with Crippen LogP contribution in [0.3, 0.4) is 0 Å². The number of sulfonamides is 1. The molecule has 11 heteroatoms. The zero-order valence-electron chi connectivity index (χ0n) is 16.2. The molecule has 0 amide bonds. The van der Waals surface area contributed by atoms with E-state index in [1.807, 2.05) is 0 Å². The molecule has 0 fully saturated rings. The number of benzene rings is 2. The Morgan fingerprint density at radius 3 is 2.31 bits per heavy atom. The van der Waals surface area contributed by atoms with Gasteiger partial charge in [0.15, 0.2) is 0 Å². The van der Waals surface area contributed by atoms with Crippen molar-refractivity contribution >= 4 is 10.0 Å². The number of nitrogens with zero attached hydrogens (tertiary/aromatic N) is 2. The number of nitrogens with two attached hydrogens (primary N) is 1. The van der Waals surface area contributed by atoms with Crippen molar-refractivity contribution in [3.05, 3.63) is 73.2 Å². The lowest BCUT2D eigenvalue weighted by Gasteiger charge is -2.14. The maximum absolute atomic E-state index is 12.7. The van der Waals surface area contributed by atoms with Gasteiger partial charge in [-0.25, -0.2) is 13.6 Å². The SMILES string of the molecule is NS(=O)(=O)c1ccc(OC(F)(F)F)cc1-c1cccc(-c2[nH]ncc2-c2ccncc2)c1. The minimum absolute atomic E-state index is 0.0268. The molecule has 0 aliphatic heterocycles. The van der Waals surface area contributed by atoms with Crippen LogP contribution in [0.15, 0.2) is 78.1 Å². The fourth-order valence-corrected chi connectivity index (χ4v) is 4.02. The van der Waals surface area contributed by atoms with E-state index in [0.717, 1.165) is 29.3 Å². The standard InChI is InChI=1S/C21H15F3N4O3S/c22-21(23,24)31-16-4-5-19(32(25,29)30)17(11-16)14-2-1-3-15(10-14)20-18(12-27-28-20)13-6-8-26-9-7-13/h1-12H,(H,27,28)(H2,25,29,30). The summed E-state index contributed by atoms with van der Waals surface area (Å²) in [5.74, 6) is -0.565. The first kappa shape index (κ1) is 21.5. The molecule has 0 atom stereocenters. The van der Waals surface area contributed by atoms with Crippen LogP contribution in [0.1, 0.15) is 0 Å². The number of rotatable bonds is 5. The topological polar surface area (TPSA) is 111 Å². The van der Waals surface area contributed by atoms with Crippen LogP contribution < -0.4 is 9.88 Å². The molecular weight excluding hydrogens is 445 g/mol. The van der Waals surface area contributed by atoms with Gasteiger partial charge in [-0.15, -0.1) is 13.2 Å². The Bertz CT molecular complexity index is 1370. The van der Waals surface area contributed by atoms with Crippen molar-refractivity contribution in [2.45, 2.75) is 11.3 Å². The van der Waals surface area contributed by atoms with Gasteiger partial charge < -0.3 is 4.74 Å². The second-order valence-electron chi connectivity index (χ2n) is 6.73. The third-order valence-electron chi connectivity index (χ3n) is 4.58. The number of alkyl halides is 3. The average molecular weight is 460 g/mol. The molecule has 7 nitrogen and oxygen atoms in total. The van der Waals surface area contributed by atoms with Crippen LogP contribution in [0.5, 0.6) is 5.75 Å². The molecule has 0 saturated carbocycles. The van der Waals surface area contributed by atoms with Gasteiger partial charge in [-0.1, -0.05) is 18.2 Å². The van der Waals surface area contributed by atoms with E-state index < -0.39 is 22.1 Å². The quantitative estimate of drug-likeness (QED) is 0.460. The number of primary sulfonamides is 1. The largest absolute Gasteiger partial charge is 0.573 e. The van der Waals surface area contributed by atoms with E-state index in [1.165, 1.54) is 0 Å². The summed E-state index contributed by atoms with van der Waals surface area (Å²) in [4.78, 5) is 3.66. The molecule has 0 aliphatic carbocycles. The number of halogens is 3. The fourth-order valence-electron chi connectivity index (χ4n) is 3.28. The van der Waals surface area contributed by atoms with E-state index in [2.05, 4.69) is 19.9 Å². The van der Waals surface area contributed by atoms with Gasteiger partial charge in [-0.2, -0.15) is 5.10 Å². The number of H-pyrrole nitrogens is 1. The van der Waals surface area contributed by atoms with E-state index in [0.29, 0.717) is 16.8 Å². The van der Waals surface area contributed by atoms with Gasteiger partial charge in [0.25, 0.3) is 0 Å². The van der Waals surface area contributed by atoms with Gasteiger partial charge in [0, 0.05) is 29.1 Å². The van der Waals surface area contributed by atoms with Crippen LogP contribution in [0.2, 0.25) is 0 Å². The maximum Gasteiger partial charge on any atom is 0.573 e. The van der Waals surface area contributed by atoms with Gasteiger partial charge in [0.1, 0.15) is 5.75 Å². The molecule has 3 N–H and O–H groups in total. The highest BCUT2D eigenvalue weighted by Crippen LogP contribution is 2.36. The van der Waals surface area contributed by atoms with Crippen LogP contribution in [0.25, 0.3) is 33.5 Å². The lowest BCUT2D eigenvalue weighted by atomic mass is 9.98. The maximum atomic E-state index is 12.7. The van der Waals surface area contributed by atoms with Crippen molar-refractivity contribution in [2.75, 3.05) is 0 Å². The smallest absolute Gasteiger partial charge is 0.406 e. The zero-order chi connectivity index (χ0) is 22.9. The summed E-state index contributed by atoms with van der Waals surface area (Å²) in [6.45, 7) is 0. The summed E-state index contributed by atoms with van der Waals surface area (Å²) < 4.78 is 66.1. The van der Waals surface area contributed by atoms with Crippen LogP contribution in [-0.2, 0) is 10.0 Å². The minimum Gasteiger partial charge on any atom is -0.406 e. The molecular formula is C21H15F3N4O3S. The van der Waals surface area contributed by atoms with E-state index in [4.69, 9.17) is 5.14 Å². The Morgan fingerprint density at radius 2 is 1.62 bits per heavy atom. The van der Waals surface area contributed by atoms with Gasteiger partial charge in [0.05, 0.1) is 16.8 Å². The van der Waals surface area contributed by atoms with Crippen molar-refractivity contribution in [1.29, 1.82) is 0 Å². The fraction of sp³-hybridized carbons (Fsp3) is 0.0476. The molecule has 4 aromatic rings. The van der Waals surface area contributed by atoms with Gasteiger partial charge in [-0.05, 0) is 47.5 Å². The summed E-state index contributed by atoms with van der Waals surface area (Å²) in [5, 5.41) is 12.3. The predicted molar refractivity (Wildman–Crippen MR) is 111 cm³/mol. The summed E-state index contributed by atoms with van der Waals surface area (Å²) in [7, 11) is -4.22. The molecule has 2 heterocycles. The molecule has 2 aromatic carbocycles. The number of aromatic nitrogens is 3. The van der Waals surface area contributed by atoms with Gasteiger partial charge >= 0.3 is 6.36 Å². The summed E-state index contributed by atoms with van der Waals surface area (Å²) in [5.41, 5.74) is 3.19. The first-order chi connectivity index (χ1) is 15.1. The molecule has 0 spiro atoms. The molecule has 2 aromatic heterocycles. The Morgan fingerprint density at radius 1 is 0.906 bits per heavy atom. The molecule has 0 unspecified atom stereocenters. The van der Waals surface area contributed by atoms with Crippen molar-refractivity contribution < 1.29 is 26.3 Å². The monoisotopic (exact) mass is 460 g/mol. The molecule has 0 radical (unpaired) electrons. The molecule has 0 saturated heterocycles. The van der Waals surface area contributed by atoms with E-state index in [1.54, 1.807) is 55.0 Å². The molecule has 4 rings (SSSR count). The second kappa shape index (κ2) is 8.09. The van der Waals surface area contributed by atoms with Crippen molar-refractivity contribution in [3.8, 4) is 39.3 Å². The lowest BCUT2D eigenvalue weighted by Crippen LogP contribution is -2.18. The van der Waals surface area contributed by atoms with Crippen LogP contribution in [0, 0.1) is 0 Å². The first-order valence-corrected chi connectivity index (χ1v) is 10.6. The van der Waals surface area contributed by atoms with Gasteiger partial charge in [-0.3, -0.25) is 10.1 Å². The van der Waals surface area contributed by atoms with Crippen molar-refractivity contribution in [1.82, 2.24) is 15.2 Å². The number of aromatic amines is 1. The minimum atomic E-state index is -4.93. The number of ether oxygens (including phenoxy) is 1. The highest BCUT2D eigenvalue weighted by atomic mass is 32.2. The Balaban J connectivity index is 1.84. The average Bonchev–Trinajstić information content (AvgIpc) is 3.22. The highest BCUT2D eigenvalue weighted by Gasteiger charge is 2.31. The lowest BCUT2D eigenvalue weighted by molar-refractivity contribution is -0.274. The van der Waals surface area contributed by atoms with Crippen LogP contribution >= 0.6 is 0 Å². The number of nitrogens with one attached hydrogen (secondary N) is 1. The van der Waals surface area contributed by atoms with Gasteiger partial charge in [0.2, 0.25) is 10.0 Å². The van der Waals surface area contributed by atoms with Crippen molar-refractivity contribution in [2.24, 2.45) is 5.14 Å². The third-order valence-corrected chi connectivity index (χ3v) is 5.55. The third kappa shape index (κ3) is 4.63. The van der Waals surface area contributed by atoms with Crippen molar-refractivity contribution in [3.63, 3.8) is 0 Å². The summed E-state index contributed by atoms with van der Waals surface area (Å²) in [6, 6.07) is 13.1. The summed E-state index contributed by atoms with van der Waals surface area (Å²) in [6.07, 6.45) is -0.0391. The first-order valence-electron chi connectivity index (χ1n) is 9.09. The molecule has 164 valence electrons. The molecule has 32 heavy (non-hydrogen) atoms. The Kier molecular flexibility index (Phi) is 5.45. The van der Waals surface area contributed by atoms with Crippen LogP contribution in [0.4, 0.5) is 13.2 Å². The highest BCUT2D eigenvalue weighted by molar-refractivity contribution is 7.89. The molecule has 0 aliphatic rings. The van der Waals surface area contributed by atoms with E-state index >= 15 is 0 Å². The van der Waals surface area contributed by atoms with Crippen LogP contribution in [-0.4, -0.2) is 30.0 Å².